The van der Waals surface area contributed by atoms with Crippen LogP contribution in [0, 0.1) is 0 Å². The predicted molar refractivity (Wildman–Crippen MR) is 124 cm³/mol. The SMILES string of the molecule is CCCNC(=O)[C@@H](CC)N(CCc1ccccc1)C(=O)CN1C(=O)c2ccccc2S1(=O)=O. The van der Waals surface area contributed by atoms with Crippen molar-refractivity contribution in [2.24, 2.45) is 0 Å². The molecule has 0 saturated heterocycles. The predicted octanol–water partition coefficient (Wildman–Crippen LogP) is 2.21. The van der Waals surface area contributed by atoms with Gasteiger partial charge in [-0.3, -0.25) is 14.4 Å². The summed E-state index contributed by atoms with van der Waals surface area (Å²) in [6.07, 6.45) is 1.60. The van der Waals surface area contributed by atoms with Gasteiger partial charge in [0, 0.05) is 13.1 Å². The first-order valence-electron chi connectivity index (χ1n) is 11.1. The fourth-order valence-electron chi connectivity index (χ4n) is 3.86. The molecular weight excluding hydrogens is 442 g/mol. The smallest absolute Gasteiger partial charge is 0.269 e. The second-order valence-electron chi connectivity index (χ2n) is 7.85. The van der Waals surface area contributed by atoms with E-state index in [4.69, 9.17) is 0 Å². The highest BCUT2D eigenvalue weighted by Gasteiger charge is 2.43. The van der Waals surface area contributed by atoms with Crippen LogP contribution in [0.5, 0.6) is 0 Å². The molecule has 0 bridgehead atoms. The summed E-state index contributed by atoms with van der Waals surface area (Å²) in [6.45, 7) is 3.77. The molecule has 2 aromatic rings. The van der Waals surface area contributed by atoms with E-state index in [0.29, 0.717) is 23.7 Å². The Bertz CT molecular complexity index is 1120. The third-order valence-corrected chi connectivity index (χ3v) is 7.40. The van der Waals surface area contributed by atoms with E-state index in [-0.39, 0.29) is 22.9 Å². The van der Waals surface area contributed by atoms with Gasteiger partial charge < -0.3 is 10.2 Å². The van der Waals surface area contributed by atoms with Gasteiger partial charge in [0.05, 0.1) is 5.56 Å². The first-order chi connectivity index (χ1) is 15.8. The van der Waals surface area contributed by atoms with Gasteiger partial charge in [-0.05, 0) is 37.0 Å². The number of nitrogens with one attached hydrogen (secondary N) is 1. The van der Waals surface area contributed by atoms with Gasteiger partial charge in [-0.15, -0.1) is 0 Å². The molecule has 0 aliphatic carbocycles. The van der Waals surface area contributed by atoms with Gasteiger partial charge in [0.15, 0.2) is 0 Å². The standard InChI is InChI=1S/C24H29N3O5S/c1-3-15-25-23(29)20(4-2)26(16-14-18-10-6-5-7-11-18)22(28)17-27-24(30)19-12-8-9-13-21(19)33(27,31)32/h5-13,20H,3-4,14-17H2,1-2H3,(H,25,29)/t20-/m1/s1. The Labute approximate surface area is 194 Å². The minimum Gasteiger partial charge on any atom is -0.354 e. The molecule has 2 aromatic carbocycles. The lowest BCUT2D eigenvalue weighted by Gasteiger charge is -2.31. The molecule has 1 N–H and O–H groups in total. The number of hydrogen-bond acceptors (Lipinski definition) is 5. The molecule has 33 heavy (non-hydrogen) atoms. The molecule has 0 fully saturated rings. The Morgan fingerprint density at radius 2 is 1.70 bits per heavy atom. The van der Waals surface area contributed by atoms with Gasteiger partial charge in [0.25, 0.3) is 15.9 Å². The van der Waals surface area contributed by atoms with Crippen LogP contribution >= 0.6 is 0 Å². The third-order valence-electron chi connectivity index (χ3n) is 5.61. The highest BCUT2D eigenvalue weighted by molar-refractivity contribution is 7.90. The fraction of sp³-hybridized carbons (Fsp3) is 0.375. The van der Waals surface area contributed by atoms with Crippen molar-refractivity contribution in [2.75, 3.05) is 19.6 Å². The van der Waals surface area contributed by atoms with Crippen molar-refractivity contribution >= 4 is 27.7 Å². The molecule has 8 nitrogen and oxygen atoms in total. The average Bonchev–Trinajstić information content (AvgIpc) is 3.01. The zero-order chi connectivity index (χ0) is 24.0. The number of carbonyl (C=O) groups excluding carboxylic acids is 3. The van der Waals surface area contributed by atoms with E-state index in [1.54, 1.807) is 13.0 Å². The van der Waals surface area contributed by atoms with Crippen molar-refractivity contribution in [2.45, 2.75) is 44.0 Å². The van der Waals surface area contributed by atoms with Crippen LogP contribution in [-0.2, 0) is 26.0 Å². The lowest BCUT2D eigenvalue weighted by Crippen LogP contribution is -2.53. The van der Waals surface area contributed by atoms with Crippen LogP contribution in [-0.4, -0.2) is 61.0 Å². The highest BCUT2D eigenvalue weighted by atomic mass is 32.2. The minimum atomic E-state index is -4.12. The number of benzene rings is 2. The number of carbonyl (C=O) groups is 3. The van der Waals surface area contributed by atoms with E-state index in [1.165, 1.54) is 23.1 Å². The first-order valence-corrected chi connectivity index (χ1v) is 12.5. The van der Waals surface area contributed by atoms with Crippen LogP contribution in [0.3, 0.4) is 0 Å². The number of hydrogen-bond donors (Lipinski definition) is 1. The Kier molecular flexibility index (Phi) is 7.86. The third kappa shape index (κ3) is 5.24. The quantitative estimate of drug-likeness (QED) is 0.572. The van der Waals surface area contributed by atoms with Crippen LogP contribution in [0.1, 0.15) is 42.6 Å². The van der Waals surface area contributed by atoms with E-state index in [0.717, 1.165) is 12.0 Å². The van der Waals surface area contributed by atoms with Crippen LogP contribution in [0.4, 0.5) is 0 Å². The number of amides is 3. The molecule has 1 aliphatic rings. The molecule has 0 radical (unpaired) electrons. The van der Waals surface area contributed by atoms with Crippen molar-refractivity contribution in [3.8, 4) is 0 Å². The average molecular weight is 472 g/mol. The first kappa shape index (κ1) is 24.4. The van der Waals surface area contributed by atoms with E-state index in [2.05, 4.69) is 5.32 Å². The Morgan fingerprint density at radius 1 is 1.03 bits per heavy atom. The van der Waals surface area contributed by atoms with Gasteiger partial charge in [-0.1, -0.05) is 56.3 Å². The molecule has 0 saturated carbocycles. The van der Waals surface area contributed by atoms with Crippen LogP contribution in [0.25, 0.3) is 0 Å². The monoisotopic (exact) mass is 471 g/mol. The van der Waals surface area contributed by atoms with Crippen LogP contribution in [0.2, 0.25) is 0 Å². The van der Waals surface area contributed by atoms with Gasteiger partial charge in [0.2, 0.25) is 11.8 Å². The summed E-state index contributed by atoms with van der Waals surface area (Å²) in [5.41, 5.74) is 1.03. The van der Waals surface area contributed by atoms with E-state index in [1.807, 2.05) is 37.3 Å². The van der Waals surface area contributed by atoms with Gasteiger partial charge in [0.1, 0.15) is 17.5 Å². The van der Waals surface area contributed by atoms with E-state index in [9.17, 15) is 22.8 Å². The molecular formula is C24H29N3O5S. The molecule has 176 valence electrons. The number of nitrogens with zero attached hydrogens (tertiary/aromatic N) is 2. The maximum absolute atomic E-state index is 13.4. The summed E-state index contributed by atoms with van der Waals surface area (Å²) in [5.74, 6) is -1.61. The summed E-state index contributed by atoms with van der Waals surface area (Å²) < 4.78 is 26.4. The zero-order valence-electron chi connectivity index (χ0n) is 18.9. The second-order valence-corrected chi connectivity index (χ2v) is 9.68. The van der Waals surface area contributed by atoms with Crippen LogP contribution in [0.15, 0.2) is 59.5 Å². The number of rotatable bonds is 10. The lowest BCUT2D eigenvalue weighted by atomic mass is 10.1. The molecule has 0 aromatic heterocycles. The topological polar surface area (TPSA) is 104 Å². The zero-order valence-corrected chi connectivity index (χ0v) is 19.7. The summed E-state index contributed by atoms with van der Waals surface area (Å²) in [6, 6.07) is 14.6. The summed E-state index contributed by atoms with van der Waals surface area (Å²) >= 11 is 0. The second kappa shape index (κ2) is 10.6. The summed E-state index contributed by atoms with van der Waals surface area (Å²) in [7, 11) is -4.12. The van der Waals surface area contributed by atoms with Crippen molar-refractivity contribution < 1.29 is 22.8 Å². The number of fused-ring (bicyclic) bond motifs is 1. The summed E-state index contributed by atoms with van der Waals surface area (Å²) in [5, 5.41) is 2.82. The molecule has 1 atom stereocenters. The molecule has 3 rings (SSSR count). The summed E-state index contributed by atoms with van der Waals surface area (Å²) in [4.78, 5) is 40.2. The Balaban J connectivity index is 1.85. The molecule has 1 aliphatic heterocycles. The highest BCUT2D eigenvalue weighted by Crippen LogP contribution is 2.30. The van der Waals surface area contributed by atoms with Crippen LogP contribution < -0.4 is 5.32 Å². The van der Waals surface area contributed by atoms with Crippen molar-refractivity contribution in [3.05, 3.63) is 65.7 Å². The molecule has 3 amide bonds. The van der Waals surface area contributed by atoms with Crippen molar-refractivity contribution in [1.29, 1.82) is 0 Å². The van der Waals surface area contributed by atoms with Gasteiger partial charge in [-0.25, -0.2) is 12.7 Å². The Hall–Kier alpha value is -3.20. The van der Waals surface area contributed by atoms with Gasteiger partial charge in [-0.2, -0.15) is 0 Å². The molecule has 0 spiro atoms. The largest absolute Gasteiger partial charge is 0.354 e. The van der Waals surface area contributed by atoms with Crippen molar-refractivity contribution in [1.82, 2.24) is 14.5 Å². The minimum absolute atomic E-state index is 0.0499. The molecule has 9 heteroatoms. The van der Waals surface area contributed by atoms with E-state index >= 15 is 0 Å². The lowest BCUT2D eigenvalue weighted by molar-refractivity contribution is -0.140. The number of sulfonamides is 1. The fourth-order valence-corrected chi connectivity index (χ4v) is 5.38. The van der Waals surface area contributed by atoms with Crippen molar-refractivity contribution in [3.63, 3.8) is 0 Å². The maximum atomic E-state index is 13.4. The Morgan fingerprint density at radius 3 is 2.33 bits per heavy atom. The van der Waals surface area contributed by atoms with Gasteiger partial charge >= 0.3 is 0 Å². The molecule has 1 heterocycles. The maximum Gasteiger partial charge on any atom is 0.269 e. The van der Waals surface area contributed by atoms with E-state index < -0.39 is 34.4 Å². The molecule has 0 unspecified atom stereocenters. The normalized spacial score (nSPS) is 15.1.